The Morgan fingerprint density at radius 3 is 2.31 bits per heavy atom. The van der Waals surface area contributed by atoms with Gasteiger partial charge in [0.15, 0.2) is 6.29 Å². The summed E-state index contributed by atoms with van der Waals surface area (Å²) in [6.07, 6.45) is 4.04. The molecule has 78 valence electrons. The first kappa shape index (κ1) is 11.0. The van der Waals surface area contributed by atoms with Gasteiger partial charge in [0.1, 0.15) is 0 Å². The fourth-order valence-electron chi connectivity index (χ4n) is 1.65. The number of hydrogen-bond donors (Lipinski definition) is 1. The Hall–Kier alpha value is -0.120. The van der Waals surface area contributed by atoms with Crippen molar-refractivity contribution in [3.63, 3.8) is 0 Å². The largest absolute Gasteiger partial charge is 0.355 e. The highest BCUT2D eigenvalue weighted by molar-refractivity contribution is 4.79. The first-order valence-electron chi connectivity index (χ1n) is 5.07. The van der Waals surface area contributed by atoms with Crippen LogP contribution < -0.4 is 5.32 Å². The average Bonchev–Trinajstić information content (AvgIpc) is 2.03. The molecule has 1 rings (SSSR count). The van der Waals surface area contributed by atoms with E-state index in [0.717, 1.165) is 12.5 Å². The van der Waals surface area contributed by atoms with Crippen molar-refractivity contribution in [1.82, 2.24) is 5.32 Å². The van der Waals surface area contributed by atoms with Crippen LogP contribution in [0.3, 0.4) is 0 Å². The molecule has 0 spiro atoms. The van der Waals surface area contributed by atoms with Crippen LogP contribution in [-0.4, -0.2) is 33.1 Å². The smallest absolute Gasteiger partial charge is 0.169 e. The fraction of sp³-hybridized carbons (Fsp3) is 1.00. The lowest BCUT2D eigenvalue weighted by atomic mass is 9.80. The minimum absolute atomic E-state index is 0.109. The fourth-order valence-corrected chi connectivity index (χ4v) is 1.65. The monoisotopic (exact) mass is 187 g/mol. The van der Waals surface area contributed by atoms with Crippen LogP contribution in [0.4, 0.5) is 0 Å². The predicted octanol–water partition coefficient (Wildman–Crippen LogP) is 1.38. The maximum absolute atomic E-state index is 5.10. The van der Waals surface area contributed by atoms with Gasteiger partial charge in [-0.15, -0.1) is 0 Å². The molecule has 1 aliphatic rings. The van der Waals surface area contributed by atoms with Crippen LogP contribution >= 0.6 is 0 Å². The highest BCUT2D eigenvalue weighted by Crippen LogP contribution is 2.29. The van der Waals surface area contributed by atoms with E-state index in [1.165, 1.54) is 19.3 Å². The van der Waals surface area contributed by atoms with Gasteiger partial charge in [0.25, 0.3) is 0 Å². The van der Waals surface area contributed by atoms with Crippen LogP contribution in [0, 0.1) is 5.92 Å². The highest BCUT2D eigenvalue weighted by atomic mass is 16.7. The van der Waals surface area contributed by atoms with E-state index in [1.807, 2.05) is 0 Å². The zero-order chi connectivity index (χ0) is 9.68. The molecule has 1 fully saturated rings. The summed E-state index contributed by atoms with van der Waals surface area (Å²) in [6.45, 7) is 3.02. The van der Waals surface area contributed by atoms with E-state index >= 15 is 0 Å². The summed E-state index contributed by atoms with van der Waals surface area (Å²) in [4.78, 5) is 0. The molecule has 13 heavy (non-hydrogen) atoms. The molecule has 1 aliphatic carbocycles. The molecular weight excluding hydrogens is 166 g/mol. The second-order valence-corrected chi connectivity index (χ2v) is 3.79. The molecule has 0 radical (unpaired) electrons. The molecule has 0 bridgehead atoms. The number of nitrogens with one attached hydrogen (secondary N) is 1. The molecule has 0 aromatic heterocycles. The average molecular weight is 187 g/mol. The van der Waals surface area contributed by atoms with Gasteiger partial charge in [-0.25, -0.2) is 0 Å². The van der Waals surface area contributed by atoms with Gasteiger partial charge in [-0.2, -0.15) is 0 Å². The van der Waals surface area contributed by atoms with Crippen LogP contribution in [0.25, 0.3) is 0 Å². The molecule has 3 heteroatoms. The molecule has 0 aromatic rings. The first-order valence-corrected chi connectivity index (χ1v) is 5.07. The van der Waals surface area contributed by atoms with Crippen molar-refractivity contribution in [2.75, 3.05) is 20.8 Å². The minimum atomic E-state index is -0.109. The van der Waals surface area contributed by atoms with E-state index in [2.05, 4.69) is 12.2 Å². The molecular formula is C10H21NO2. The molecule has 0 saturated heterocycles. The van der Waals surface area contributed by atoms with E-state index < -0.39 is 0 Å². The maximum Gasteiger partial charge on any atom is 0.169 e. The lowest BCUT2D eigenvalue weighted by molar-refractivity contribution is -0.101. The predicted molar refractivity (Wildman–Crippen MR) is 52.6 cm³/mol. The van der Waals surface area contributed by atoms with Crippen LogP contribution in [0.2, 0.25) is 0 Å². The number of rotatable bonds is 6. The van der Waals surface area contributed by atoms with Gasteiger partial charge in [-0.05, 0) is 25.7 Å². The van der Waals surface area contributed by atoms with Crippen LogP contribution in [-0.2, 0) is 9.47 Å². The first-order chi connectivity index (χ1) is 6.27. The van der Waals surface area contributed by atoms with E-state index in [4.69, 9.17) is 9.47 Å². The Morgan fingerprint density at radius 2 is 1.92 bits per heavy atom. The van der Waals surface area contributed by atoms with Crippen molar-refractivity contribution in [2.24, 2.45) is 5.92 Å². The molecule has 0 aliphatic heterocycles. The Labute approximate surface area is 80.8 Å². The van der Waals surface area contributed by atoms with Crippen molar-refractivity contribution >= 4 is 0 Å². The summed E-state index contributed by atoms with van der Waals surface area (Å²) in [6, 6.07) is 0.599. The van der Waals surface area contributed by atoms with E-state index in [-0.39, 0.29) is 6.29 Å². The van der Waals surface area contributed by atoms with Crippen molar-refractivity contribution < 1.29 is 9.47 Å². The number of ether oxygens (including phenoxy) is 2. The summed E-state index contributed by atoms with van der Waals surface area (Å²) < 4.78 is 10.2. The topological polar surface area (TPSA) is 30.5 Å². The third kappa shape index (κ3) is 3.25. The summed E-state index contributed by atoms with van der Waals surface area (Å²) in [7, 11) is 3.34. The Bertz CT molecular complexity index is 133. The van der Waals surface area contributed by atoms with E-state index in [9.17, 15) is 0 Å². The molecule has 3 nitrogen and oxygen atoms in total. The molecule has 0 heterocycles. The van der Waals surface area contributed by atoms with Gasteiger partial charge >= 0.3 is 0 Å². The van der Waals surface area contributed by atoms with Crippen LogP contribution in [0.15, 0.2) is 0 Å². The van der Waals surface area contributed by atoms with Crippen molar-refractivity contribution in [3.05, 3.63) is 0 Å². The lowest BCUT2D eigenvalue weighted by Gasteiger charge is -2.32. The molecule has 1 atom stereocenters. The Morgan fingerprint density at radius 1 is 1.31 bits per heavy atom. The van der Waals surface area contributed by atoms with Crippen LogP contribution in [0.1, 0.15) is 26.2 Å². The third-order valence-electron chi connectivity index (χ3n) is 2.99. The number of methoxy groups -OCH3 is 2. The molecule has 0 amide bonds. The summed E-state index contributed by atoms with van der Waals surface area (Å²) in [5.74, 6) is 0.870. The summed E-state index contributed by atoms with van der Waals surface area (Å²) >= 11 is 0. The van der Waals surface area contributed by atoms with Gasteiger partial charge in [0, 0.05) is 26.8 Å². The van der Waals surface area contributed by atoms with E-state index in [1.54, 1.807) is 14.2 Å². The molecule has 0 aromatic carbocycles. The van der Waals surface area contributed by atoms with Gasteiger partial charge < -0.3 is 14.8 Å². The normalized spacial score (nSPS) is 20.3. The van der Waals surface area contributed by atoms with Gasteiger partial charge in [-0.3, -0.25) is 0 Å². The second-order valence-electron chi connectivity index (χ2n) is 3.79. The van der Waals surface area contributed by atoms with E-state index in [0.29, 0.717) is 6.04 Å². The summed E-state index contributed by atoms with van der Waals surface area (Å²) in [5.41, 5.74) is 0. The third-order valence-corrected chi connectivity index (χ3v) is 2.99. The zero-order valence-corrected chi connectivity index (χ0v) is 8.88. The Kier molecular flexibility index (Phi) is 4.70. The minimum Gasteiger partial charge on any atom is -0.355 e. The zero-order valence-electron chi connectivity index (χ0n) is 8.88. The SMILES string of the molecule is COC(CNC(C)C1CCC1)OC. The van der Waals surface area contributed by atoms with Crippen molar-refractivity contribution in [1.29, 1.82) is 0 Å². The van der Waals surface area contributed by atoms with Crippen molar-refractivity contribution in [3.8, 4) is 0 Å². The van der Waals surface area contributed by atoms with Crippen molar-refractivity contribution in [2.45, 2.75) is 38.5 Å². The summed E-state index contributed by atoms with van der Waals surface area (Å²) in [5, 5.41) is 3.44. The molecule has 1 N–H and O–H groups in total. The van der Waals surface area contributed by atoms with Gasteiger partial charge in [0.05, 0.1) is 0 Å². The lowest BCUT2D eigenvalue weighted by Crippen LogP contribution is -2.41. The quantitative estimate of drug-likeness (QED) is 0.637. The van der Waals surface area contributed by atoms with Gasteiger partial charge in [-0.1, -0.05) is 6.42 Å². The molecule has 1 saturated carbocycles. The standard InChI is InChI=1S/C10H21NO2/c1-8(9-5-4-6-9)11-7-10(12-2)13-3/h8-11H,4-7H2,1-3H3. The van der Waals surface area contributed by atoms with Crippen LogP contribution in [0.5, 0.6) is 0 Å². The number of hydrogen-bond acceptors (Lipinski definition) is 3. The maximum atomic E-state index is 5.10. The highest BCUT2D eigenvalue weighted by Gasteiger charge is 2.23. The molecule has 1 unspecified atom stereocenters. The second kappa shape index (κ2) is 5.58. The van der Waals surface area contributed by atoms with Gasteiger partial charge in [0.2, 0.25) is 0 Å². The Balaban J connectivity index is 2.09.